The fourth-order valence-electron chi connectivity index (χ4n) is 2.67. The number of allylic oxidation sites excluding steroid dienone is 2. The van der Waals surface area contributed by atoms with Crippen LogP contribution in [0.15, 0.2) is 40.6 Å². The van der Waals surface area contributed by atoms with Crippen molar-refractivity contribution >= 4 is 21.7 Å². The van der Waals surface area contributed by atoms with Crippen LogP contribution < -0.4 is 5.32 Å². The molecule has 0 radical (unpaired) electrons. The van der Waals surface area contributed by atoms with Gasteiger partial charge in [-0.1, -0.05) is 31.6 Å². The maximum atomic E-state index is 9.21. The average molecular weight is 343 g/mol. The van der Waals surface area contributed by atoms with Crippen molar-refractivity contribution in [2.75, 3.05) is 5.32 Å². The molecule has 2 N–H and O–H groups in total. The molecule has 3 rings (SSSR count). The van der Waals surface area contributed by atoms with E-state index in [1.807, 2.05) is 18.3 Å². The Balaban J connectivity index is 2.11. The summed E-state index contributed by atoms with van der Waals surface area (Å²) in [5.41, 5.74) is 4.03. The SMILES string of the molecule is CCCC1=CC(c2cccc(C#N)c2Br)c2cn[nH]c2N1. The molecule has 106 valence electrons. The summed E-state index contributed by atoms with van der Waals surface area (Å²) in [5, 5.41) is 19.8. The van der Waals surface area contributed by atoms with Gasteiger partial charge in [-0.2, -0.15) is 10.4 Å². The van der Waals surface area contributed by atoms with Gasteiger partial charge in [0.05, 0.1) is 11.8 Å². The Morgan fingerprint density at radius 2 is 2.24 bits per heavy atom. The number of halogens is 1. The molecule has 5 heteroatoms. The highest BCUT2D eigenvalue weighted by atomic mass is 79.9. The van der Waals surface area contributed by atoms with Gasteiger partial charge < -0.3 is 5.32 Å². The van der Waals surface area contributed by atoms with Crippen LogP contribution in [0.25, 0.3) is 0 Å². The second-order valence-electron chi connectivity index (χ2n) is 5.07. The van der Waals surface area contributed by atoms with Crippen molar-refractivity contribution in [3.63, 3.8) is 0 Å². The van der Waals surface area contributed by atoms with Crippen molar-refractivity contribution in [3.05, 3.63) is 57.3 Å². The number of fused-ring (bicyclic) bond motifs is 1. The Bertz CT molecular complexity index is 739. The number of hydrogen-bond donors (Lipinski definition) is 2. The summed E-state index contributed by atoms with van der Waals surface area (Å²) < 4.78 is 0.860. The van der Waals surface area contributed by atoms with E-state index in [2.05, 4.69) is 56.6 Å². The minimum atomic E-state index is 0.101. The third-order valence-corrected chi connectivity index (χ3v) is 4.55. The molecule has 0 saturated heterocycles. The summed E-state index contributed by atoms with van der Waals surface area (Å²) in [6, 6.07) is 8.02. The number of hydrogen-bond acceptors (Lipinski definition) is 3. The Labute approximate surface area is 132 Å². The molecule has 0 bridgehead atoms. The van der Waals surface area contributed by atoms with Crippen LogP contribution in [0.4, 0.5) is 5.82 Å². The lowest BCUT2D eigenvalue weighted by Gasteiger charge is -2.24. The van der Waals surface area contributed by atoms with Gasteiger partial charge in [-0.05, 0) is 34.0 Å². The highest BCUT2D eigenvalue weighted by Gasteiger charge is 2.25. The van der Waals surface area contributed by atoms with E-state index in [0.29, 0.717) is 5.56 Å². The van der Waals surface area contributed by atoms with Gasteiger partial charge in [0.2, 0.25) is 0 Å². The predicted octanol–water partition coefficient (Wildman–Crippen LogP) is 4.29. The third kappa shape index (κ3) is 2.47. The number of aromatic nitrogens is 2. The average Bonchev–Trinajstić information content (AvgIpc) is 2.95. The molecule has 1 aliphatic heterocycles. The Hall–Kier alpha value is -2.06. The lowest BCUT2D eigenvalue weighted by molar-refractivity contribution is 0.868. The molecular weight excluding hydrogens is 328 g/mol. The quantitative estimate of drug-likeness (QED) is 0.874. The molecule has 0 saturated carbocycles. The molecule has 0 aliphatic carbocycles. The Morgan fingerprint density at radius 3 is 3.00 bits per heavy atom. The number of nitrogens with one attached hydrogen (secondary N) is 2. The molecule has 4 nitrogen and oxygen atoms in total. The maximum absolute atomic E-state index is 9.21. The van der Waals surface area contributed by atoms with Gasteiger partial charge in [-0.15, -0.1) is 0 Å². The molecule has 0 spiro atoms. The van der Waals surface area contributed by atoms with Crippen LogP contribution >= 0.6 is 15.9 Å². The molecule has 2 heterocycles. The van der Waals surface area contributed by atoms with E-state index in [0.717, 1.165) is 34.3 Å². The van der Waals surface area contributed by atoms with Crippen molar-refractivity contribution in [1.29, 1.82) is 5.26 Å². The summed E-state index contributed by atoms with van der Waals surface area (Å²) in [4.78, 5) is 0. The van der Waals surface area contributed by atoms with Gasteiger partial charge in [0.25, 0.3) is 0 Å². The molecular formula is C16H15BrN4. The second-order valence-corrected chi connectivity index (χ2v) is 5.86. The van der Waals surface area contributed by atoms with Gasteiger partial charge in [0.1, 0.15) is 11.9 Å². The highest BCUT2D eigenvalue weighted by Crippen LogP contribution is 2.39. The van der Waals surface area contributed by atoms with E-state index in [1.165, 1.54) is 5.70 Å². The topological polar surface area (TPSA) is 64.5 Å². The lowest BCUT2D eigenvalue weighted by Crippen LogP contribution is -2.13. The van der Waals surface area contributed by atoms with Gasteiger partial charge in [0.15, 0.2) is 0 Å². The minimum Gasteiger partial charge on any atom is -0.344 e. The van der Waals surface area contributed by atoms with Crippen molar-refractivity contribution in [2.45, 2.75) is 25.7 Å². The molecule has 2 aromatic rings. The fraction of sp³-hybridized carbons (Fsp3) is 0.250. The molecule has 1 aliphatic rings. The van der Waals surface area contributed by atoms with Crippen LogP contribution in [-0.2, 0) is 0 Å². The summed E-state index contributed by atoms with van der Waals surface area (Å²) >= 11 is 3.57. The normalized spacial score (nSPS) is 16.6. The van der Waals surface area contributed by atoms with E-state index >= 15 is 0 Å². The van der Waals surface area contributed by atoms with Gasteiger partial charge in [-0.25, -0.2) is 0 Å². The number of benzene rings is 1. The largest absolute Gasteiger partial charge is 0.344 e. The van der Waals surface area contributed by atoms with E-state index in [1.54, 1.807) is 0 Å². The van der Waals surface area contributed by atoms with Gasteiger partial charge in [-0.3, -0.25) is 5.10 Å². The Morgan fingerprint density at radius 1 is 1.38 bits per heavy atom. The van der Waals surface area contributed by atoms with Gasteiger partial charge >= 0.3 is 0 Å². The maximum Gasteiger partial charge on any atom is 0.129 e. The van der Waals surface area contributed by atoms with Crippen LogP contribution in [0, 0.1) is 11.3 Å². The van der Waals surface area contributed by atoms with Crippen LogP contribution in [0.3, 0.4) is 0 Å². The molecule has 0 amide bonds. The zero-order valence-corrected chi connectivity index (χ0v) is 13.2. The van der Waals surface area contributed by atoms with Crippen molar-refractivity contribution < 1.29 is 0 Å². The van der Waals surface area contributed by atoms with Crippen molar-refractivity contribution in [2.24, 2.45) is 0 Å². The lowest BCUT2D eigenvalue weighted by atomic mass is 9.88. The third-order valence-electron chi connectivity index (χ3n) is 3.66. The molecule has 1 atom stereocenters. The number of nitrogens with zero attached hydrogens (tertiary/aromatic N) is 2. The standard InChI is InChI=1S/C16H15BrN4/c1-2-4-11-7-13(14-9-19-21-16(14)20-11)12-6-3-5-10(8-18)15(12)17/h3,5-7,9,13H,2,4H2,1H3,(H2,19,20,21). The molecule has 1 aromatic carbocycles. The highest BCUT2D eigenvalue weighted by molar-refractivity contribution is 9.10. The van der Waals surface area contributed by atoms with Crippen LogP contribution in [0.2, 0.25) is 0 Å². The number of aromatic amines is 1. The summed E-state index contributed by atoms with van der Waals surface area (Å²) in [6.07, 6.45) is 6.14. The van der Waals surface area contributed by atoms with E-state index in [4.69, 9.17) is 0 Å². The van der Waals surface area contributed by atoms with Gasteiger partial charge in [0, 0.05) is 21.7 Å². The molecule has 1 unspecified atom stereocenters. The summed E-state index contributed by atoms with van der Waals surface area (Å²) in [5.74, 6) is 1.05. The first-order valence-electron chi connectivity index (χ1n) is 6.94. The molecule has 21 heavy (non-hydrogen) atoms. The van der Waals surface area contributed by atoms with E-state index in [-0.39, 0.29) is 5.92 Å². The predicted molar refractivity (Wildman–Crippen MR) is 85.9 cm³/mol. The first kappa shape index (κ1) is 13.9. The second kappa shape index (κ2) is 5.74. The summed E-state index contributed by atoms with van der Waals surface area (Å²) in [6.45, 7) is 2.16. The van der Waals surface area contributed by atoms with Crippen LogP contribution in [0.1, 0.15) is 42.4 Å². The van der Waals surface area contributed by atoms with E-state index in [9.17, 15) is 5.26 Å². The zero-order chi connectivity index (χ0) is 14.8. The van der Waals surface area contributed by atoms with Crippen molar-refractivity contribution in [1.82, 2.24) is 10.2 Å². The molecule has 1 aromatic heterocycles. The van der Waals surface area contributed by atoms with Crippen LogP contribution in [0.5, 0.6) is 0 Å². The Kier molecular flexibility index (Phi) is 3.80. The smallest absolute Gasteiger partial charge is 0.129 e. The van der Waals surface area contributed by atoms with Crippen LogP contribution in [-0.4, -0.2) is 10.2 Å². The monoisotopic (exact) mass is 342 g/mol. The van der Waals surface area contributed by atoms with Crippen molar-refractivity contribution in [3.8, 4) is 6.07 Å². The fourth-order valence-corrected chi connectivity index (χ4v) is 3.27. The number of H-pyrrole nitrogens is 1. The first-order valence-corrected chi connectivity index (χ1v) is 7.73. The first-order chi connectivity index (χ1) is 10.2. The zero-order valence-electron chi connectivity index (χ0n) is 11.7. The van der Waals surface area contributed by atoms with E-state index < -0.39 is 0 Å². The number of rotatable bonds is 3. The summed E-state index contributed by atoms with van der Waals surface area (Å²) in [7, 11) is 0. The number of nitriles is 1. The minimum absolute atomic E-state index is 0.101. The molecule has 0 fully saturated rings. The number of anilines is 1.